The molecule has 0 aliphatic carbocycles. The van der Waals surface area contributed by atoms with Gasteiger partial charge in [-0.1, -0.05) is 24.3 Å². The number of hydrogen-bond donors (Lipinski definition) is 1. The molecule has 3 heterocycles. The van der Waals surface area contributed by atoms with E-state index in [1.807, 2.05) is 34.9 Å². The Morgan fingerprint density at radius 1 is 1.03 bits per heavy atom. The van der Waals surface area contributed by atoms with E-state index < -0.39 is 5.91 Å². The minimum Gasteiger partial charge on any atom is -0.364 e. The third kappa shape index (κ3) is 3.16. The van der Waals surface area contributed by atoms with Gasteiger partial charge >= 0.3 is 0 Å². The fourth-order valence-electron chi connectivity index (χ4n) is 3.59. The van der Waals surface area contributed by atoms with Crippen molar-refractivity contribution in [2.45, 2.75) is 6.54 Å². The van der Waals surface area contributed by atoms with Gasteiger partial charge in [-0.05, 0) is 53.1 Å². The van der Waals surface area contributed by atoms with Gasteiger partial charge in [0, 0.05) is 18.1 Å². The molecule has 7 heteroatoms. The number of aromatic nitrogens is 4. The molecule has 3 aromatic heterocycles. The summed E-state index contributed by atoms with van der Waals surface area (Å²) in [5.74, 6) is -0.936. The third-order valence-electron chi connectivity index (χ3n) is 5.03. The number of fused-ring (bicyclic) bond motifs is 2. The van der Waals surface area contributed by atoms with E-state index >= 15 is 0 Å². The van der Waals surface area contributed by atoms with Crippen molar-refractivity contribution >= 4 is 28.0 Å². The number of nitrogens with zero attached hydrogens (tertiary/aromatic N) is 4. The first-order valence-corrected chi connectivity index (χ1v) is 9.34. The van der Waals surface area contributed by atoms with Gasteiger partial charge in [-0.25, -0.2) is 19.3 Å². The lowest BCUT2D eigenvalue weighted by atomic mass is 9.98. The van der Waals surface area contributed by atoms with Gasteiger partial charge in [0.2, 0.25) is 0 Å². The number of carbonyl (C=O) groups is 1. The first-order chi connectivity index (χ1) is 14.6. The Morgan fingerprint density at radius 2 is 1.87 bits per heavy atom. The second kappa shape index (κ2) is 7.04. The number of pyridine rings is 2. The van der Waals surface area contributed by atoms with Crippen LogP contribution < -0.4 is 5.73 Å². The number of hydrogen-bond acceptors (Lipinski definition) is 4. The highest BCUT2D eigenvalue weighted by molar-refractivity contribution is 6.00. The van der Waals surface area contributed by atoms with E-state index in [0.717, 1.165) is 27.6 Å². The van der Waals surface area contributed by atoms with E-state index in [2.05, 4.69) is 15.0 Å². The Morgan fingerprint density at radius 3 is 2.67 bits per heavy atom. The monoisotopic (exact) mass is 397 g/mol. The minimum atomic E-state index is -0.614. The SMILES string of the molecule is NC(=O)c1cc(-c2ccc(F)cc2)c2ccc(Cn3cnc4ncccc43)cc2n1. The second-order valence-corrected chi connectivity index (χ2v) is 7.00. The van der Waals surface area contributed by atoms with Crippen LogP contribution in [-0.2, 0) is 6.54 Å². The maximum Gasteiger partial charge on any atom is 0.267 e. The zero-order valence-electron chi connectivity index (χ0n) is 15.8. The minimum absolute atomic E-state index is 0.163. The number of nitrogens with two attached hydrogens (primary N) is 1. The molecule has 0 aliphatic rings. The van der Waals surface area contributed by atoms with Gasteiger partial charge in [-0.15, -0.1) is 0 Å². The molecule has 2 N–H and O–H groups in total. The molecule has 1 amide bonds. The van der Waals surface area contributed by atoms with Crippen molar-refractivity contribution in [3.8, 4) is 11.1 Å². The largest absolute Gasteiger partial charge is 0.364 e. The number of halogens is 1. The molecule has 0 spiro atoms. The molecule has 0 saturated heterocycles. The Kier molecular flexibility index (Phi) is 4.21. The van der Waals surface area contributed by atoms with Gasteiger partial charge in [0.1, 0.15) is 11.5 Å². The van der Waals surface area contributed by atoms with Gasteiger partial charge < -0.3 is 10.3 Å². The summed E-state index contributed by atoms with van der Waals surface area (Å²) in [4.78, 5) is 24.9. The summed E-state index contributed by atoms with van der Waals surface area (Å²) >= 11 is 0. The molecule has 0 unspecified atom stereocenters. The summed E-state index contributed by atoms with van der Waals surface area (Å²) in [5.41, 5.74) is 10.5. The van der Waals surface area contributed by atoms with Crippen molar-refractivity contribution in [3.63, 3.8) is 0 Å². The van der Waals surface area contributed by atoms with Gasteiger partial charge in [0.15, 0.2) is 5.65 Å². The molecule has 2 aromatic carbocycles. The van der Waals surface area contributed by atoms with Crippen LogP contribution in [0.4, 0.5) is 4.39 Å². The molecule has 146 valence electrons. The number of primary amides is 1. The van der Waals surface area contributed by atoms with Gasteiger partial charge in [-0.3, -0.25) is 4.79 Å². The maximum absolute atomic E-state index is 13.4. The molecule has 0 bridgehead atoms. The Labute approximate surface area is 170 Å². The molecule has 30 heavy (non-hydrogen) atoms. The summed E-state index contributed by atoms with van der Waals surface area (Å²) in [6.45, 7) is 0.576. The average Bonchev–Trinajstić information content (AvgIpc) is 3.16. The molecule has 0 fully saturated rings. The van der Waals surface area contributed by atoms with E-state index in [0.29, 0.717) is 17.7 Å². The smallest absolute Gasteiger partial charge is 0.267 e. The summed E-state index contributed by atoms with van der Waals surface area (Å²) in [6, 6.07) is 17.5. The van der Waals surface area contributed by atoms with Crippen molar-refractivity contribution in [2.75, 3.05) is 0 Å². The second-order valence-electron chi connectivity index (χ2n) is 7.00. The summed E-state index contributed by atoms with van der Waals surface area (Å²) in [5, 5.41) is 0.854. The van der Waals surface area contributed by atoms with Crippen LogP contribution in [0.3, 0.4) is 0 Å². The third-order valence-corrected chi connectivity index (χ3v) is 5.03. The van der Waals surface area contributed by atoms with Crippen LogP contribution in [0, 0.1) is 5.82 Å². The lowest BCUT2D eigenvalue weighted by Crippen LogP contribution is -2.13. The van der Waals surface area contributed by atoms with Crippen LogP contribution in [0.5, 0.6) is 0 Å². The van der Waals surface area contributed by atoms with Gasteiger partial charge in [0.05, 0.1) is 17.4 Å². The van der Waals surface area contributed by atoms with Crippen molar-refractivity contribution in [3.05, 3.63) is 90.3 Å². The number of imidazole rings is 1. The summed E-state index contributed by atoms with van der Waals surface area (Å²) in [7, 11) is 0. The number of carbonyl (C=O) groups excluding carboxylic acids is 1. The van der Waals surface area contributed by atoms with E-state index in [9.17, 15) is 9.18 Å². The highest BCUT2D eigenvalue weighted by Crippen LogP contribution is 2.30. The lowest BCUT2D eigenvalue weighted by Gasteiger charge is -2.11. The molecule has 0 radical (unpaired) electrons. The standard InChI is InChI=1S/C23H16FN5O/c24-16-6-4-15(5-7-16)18-11-20(22(25)30)28-19-10-14(3-8-17(18)19)12-29-13-27-23-21(29)2-1-9-26-23/h1-11,13H,12H2,(H2,25,30). The van der Waals surface area contributed by atoms with Crippen molar-refractivity contribution in [1.29, 1.82) is 0 Å². The first kappa shape index (κ1) is 17.9. The molecular formula is C23H16FN5O. The predicted octanol–water partition coefficient (Wildman–Crippen LogP) is 3.93. The quantitative estimate of drug-likeness (QED) is 0.498. The Hall–Kier alpha value is -4.13. The van der Waals surface area contributed by atoms with E-state index in [1.54, 1.807) is 30.7 Å². The van der Waals surface area contributed by atoms with Crippen LogP contribution in [0.2, 0.25) is 0 Å². The number of benzene rings is 2. The zero-order chi connectivity index (χ0) is 20.7. The molecule has 0 saturated carbocycles. The highest BCUT2D eigenvalue weighted by Gasteiger charge is 2.13. The van der Waals surface area contributed by atoms with Crippen molar-refractivity contribution in [2.24, 2.45) is 5.73 Å². The fourth-order valence-corrected chi connectivity index (χ4v) is 3.59. The lowest BCUT2D eigenvalue weighted by molar-refractivity contribution is 0.0996. The van der Waals surface area contributed by atoms with Crippen molar-refractivity contribution in [1.82, 2.24) is 19.5 Å². The fraction of sp³-hybridized carbons (Fsp3) is 0.0435. The number of rotatable bonds is 4. The Balaban J connectivity index is 1.63. The summed E-state index contributed by atoms with van der Waals surface area (Å²) < 4.78 is 15.4. The van der Waals surface area contributed by atoms with Crippen LogP contribution in [-0.4, -0.2) is 25.4 Å². The molecule has 0 aliphatic heterocycles. The first-order valence-electron chi connectivity index (χ1n) is 9.34. The number of amides is 1. The summed E-state index contributed by atoms with van der Waals surface area (Å²) in [6.07, 6.45) is 3.46. The molecule has 0 atom stereocenters. The topological polar surface area (TPSA) is 86.7 Å². The van der Waals surface area contributed by atoms with Crippen molar-refractivity contribution < 1.29 is 9.18 Å². The van der Waals surface area contributed by atoms with Crippen LogP contribution >= 0.6 is 0 Å². The van der Waals surface area contributed by atoms with Crippen LogP contribution in [0.1, 0.15) is 16.1 Å². The van der Waals surface area contributed by atoms with Crippen LogP contribution in [0.15, 0.2) is 73.2 Å². The van der Waals surface area contributed by atoms with E-state index in [-0.39, 0.29) is 11.5 Å². The van der Waals surface area contributed by atoms with E-state index in [4.69, 9.17) is 5.73 Å². The predicted molar refractivity (Wildman–Crippen MR) is 112 cm³/mol. The van der Waals surface area contributed by atoms with Crippen LogP contribution in [0.25, 0.3) is 33.2 Å². The molecule has 6 nitrogen and oxygen atoms in total. The average molecular weight is 397 g/mol. The molecular weight excluding hydrogens is 381 g/mol. The normalized spacial score (nSPS) is 11.2. The van der Waals surface area contributed by atoms with E-state index in [1.165, 1.54) is 12.1 Å². The molecule has 5 aromatic rings. The van der Waals surface area contributed by atoms with Gasteiger partial charge in [0.25, 0.3) is 5.91 Å². The Bertz CT molecular complexity index is 1410. The zero-order valence-corrected chi connectivity index (χ0v) is 15.8. The highest BCUT2D eigenvalue weighted by atomic mass is 19.1. The van der Waals surface area contributed by atoms with Gasteiger partial charge in [-0.2, -0.15) is 0 Å². The molecule has 5 rings (SSSR count). The maximum atomic E-state index is 13.4.